The highest BCUT2D eigenvalue weighted by Gasteiger charge is 2.14. The SMILES string of the molecule is CCCC(C)Oc1ccc(NNC(=O)C(C)Oc2ccc(OOSc3ccc(O)cc3)cc2)cc1. The Morgan fingerprint density at radius 2 is 1.49 bits per heavy atom. The number of phenolic OH excluding ortho intramolecular Hbond substituents is 1. The highest BCUT2D eigenvalue weighted by Crippen LogP contribution is 2.25. The van der Waals surface area contributed by atoms with Crippen molar-refractivity contribution in [3.63, 3.8) is 0 Å². The lowest BCUT2D eigenvalue weighted by atomic mass is 10.2. The second-order valence-corrected chi connectivity index (χ2v) is 8.59. The van der Waals surface area contributed by atoms with Gasteiger partial charge >= 0.3 is 0 Å². The number of benzene rings is 3. The van der Waals surface area contributed by atoms with Crippen LogP contribution in [0.1, 0.15) is 33.6 Å². The number of rotatable bonds is 13. The number of carbonyl (C=O) groups excluding carboxylic acids is 1. The van der Waals surface area contributed by atoms with Crippen LogP contribution in [0.25, 0.3) is 0 Å². The van der Waals surface area contributed by atoms with Crippen molar-refractivity contribution in [3.8, 4) is 23.0 Å². The van der Waals surface area contributed by atoms with Crippen LogP contribution in [-0.4, -0.2) is 23.2 Å². The smallest absolute Gasteiger partial charge is 0.279 e. The van der Waals surface area contributed by atoms with Crippen LogP contribution >= 0.6 is 12.0 Å². The number of ether oxygens (including phenoxy) is 2. The number of hydrazine groups is 1. The minimum atomic E-state index is -0.729. The minimum Gasteiger partial charge on any atom is -0.508 e. The van der Waals surface area contributed by atoms with Gasteiger partial charge in [0, 0.05) is 4.90 Å². The molecule has 35 heavy (non-hydrogen) atoms. The van der Waals surface area contributed by atoms with Crippen molar-refractivity contribution in [2.75, 3.05) is 5.43 Å². The first kappa shape index (κ1) is 26.1. The van der Waals surface area contributed by atoms with Crippen LogP contribution in [0.4, 0.5) is 5.69 Å². The van der Waals surface area contributed by atoms with Gasteiger partial charge in [0.15, 0.2) is 11.9 Å². The number of anilines is 1. The summed E-state index contributed by atoms with van der Waals surface area (Å²) in [6.45, 7) is 5.83. The summed E-state index contributed by atoms with van der Waals surface area (Å²) in [5.74, 6) is 1.63. The Morgan fingerprint density at radius 3 is 2.14 bits per heavy atom. The third kappa shape index (κ3) is 8.95. The van der Waals surface area contributed by atoms with E-state index in [0.29, 0.717) is 11.5 Å². The second kappa shape index (κ2) is 13.4. The van der Waals surface area contributed by atoms with Gasteiger partial charge in [0.25, 0.3) is 5.91 Å². The molecule has 0 saturated heterocycles. The molecule has 0 aliphatic heterocycles. The number of nitrogens with one attached hydrogen (secondary N) is 2. The van der Waals surface area contributed by atoms with Gasteiger partial charge in [-0.15, -0.1) is 4.33 Å². The van der Waals surface area contributed by atoms with Crippen molar-refractivity contribution in [2.24, 2.45) is 0 Å². The molecule has 2 unspecified atom stereocenters. The van der Waals surface area contributed by atoms with Crippen LogP contribution in [-0.2, 0) is 9.13 Å². The molecule has 3 aromatic carbocycles. The van der Waals surface area contributed by atoms with Crippen molar-refractivity contribution in [1.29, 1.82) is 0 Å². The molecule has 0 heterocycles. The molecule has 3 rings (SSSR count). The predicted octanol–water partition coefficient (Wildman–Crippen LogP) is 5.89. The van der Waals surface area contributed by atoms with Gasteiger partial charge in [-0.05, 0) is 93.1 Å². The van der Waals surface area contributed by atoms with E-state index in [0.717, 1.165) is 41.2 Å². The zero-order valence-electron chi connectivity index (χ0n) is 19.9. The first-order chi connectivity index (χ1) is 16.9. The van der Waals surface area contributed by atoms with E-state index in [-0.39, 0.29) is 17.8 Å². The highest BCUT2D eigenvalue weighted by atomic mass is 32.2. The zero-order valence-corrected chi connectivity index (χ0v) is 20.7. The van der Waals surface area contributed by atoms with E-state index in [1.165, 1.54) is 0 Å². The average molecular weight is 499 g/mol. The maximum atomic E-state index is 12.4. The molecule has 2 atom stereocenters. The fourth-order valence-corrected chi connectivity index (χ4v) is 3.42. The van der Waals surface area contributed by atoms with Crippen LogP contribution in [0.15, 0.2) is 77.7 Å². The Hall–Kier alpha value is -3.56. The van der Waals surface area contributed by atoms with Gasteiger partial charge in [-0.3, -0.25) is 15.6 Å². The Labute approximate surface area is 209 Å². The van der Waals surface area contributed by atoms with Gasteiger partial charge in [0.2, 0.25) is 0 Å². The fraction of sp³-hybridized carbons (Fsp3) is 0.269. The van der Waals surface area contributed by atoms with Crippen LogP contribution in [0, 0.1) is 0 Å². The van der Waals surface area contributed by atoms with Gasteiger partial charge < -0.3 is 19.5 Å². The summed E-state index contributed by atoms with van der Waals surface area (Å²) in [7, 11) is 0. The lowest BCUT2D eigenvalue weighted by Gasteiger charge is -2.17. The lowest BCUT2D eigenvalue weighted by Crippen LogP contribution is -2.39. The van der Waals surface area contributed by atoms with Crippen molar-refractivity contribution < 1.29 is 28.6 Å². The third-order valence-corrected chi connectivity index (χ3v) is 5.42. The van der Waals surface area contributed by atoms with Gasteiger partial charge in [-0.1, -0.05) is 13.3 Å². The van der Waals surface area contributed by atoms with E-state index in [2.05, 4.69) is 17.8 Å². The molecule has 8 nitrogen and oxygen atoms in total. The molecule has 0 aliphatic rings. The third-order valence-electron chi connectivity index (χ3n) is 4.82. The molecule has 0 radical (unpaired) electrons. The highest BCUT2D eigenvalue weighted by molar-refractivity contribution is 7.94. The Morgan fingerprint density at radius 1 is 0.886 bits per heavy atom. The molecule has 186 valence electrons. The van der Waals surface area contributed by atoms with Crippen LogP contribution in [0.3, 0.4) is 0 Å². The first-order valence-corrected chi connectivity index (χ1v) is 12.1. The summed E-state index contributed by atoms with van der Waals surface area (Å²) in [5, 5.41) is 9.29. The number of carbonyl (C=O) groups is 1. The van der Waals surface area contributed by atoms with Crippen LogP contribution < -0.4 is 25.2 Å². The predicted molar refractivity (Wildman–Crippen MR) is 135 cm³/mol. The Balaban J connectivity index is 1.39. The molecule has 0 saturated carbocycles. The molecule has 0 aliphatic carbocycles. The monoisotopic (exact) mass is 498 g/mol. The van der Waals surface area contributed by atoms with Gasteiger partial charge in [0.1, 0.15) is 17.2 Å². The normalized spacial score (nSPS) is 12.3. The van der Waals surface area contributed by atoms with Crippen LogP contribution in [0.5, 0.6) is 23.0 Å². The molecule has 3 aromatic rings. The molecule has 0 aromatic heterocycles. The quantitative estimate of drug-likeness (QED) is 0.152. The van der Waals surface area contributed by atoms with E-state index >= 15 is 0 Å². The van der Waals surface area contributed by atoms with Crippen molar-refractivity contribution >= 4 is 23.6 Å². The number of hydrogen-bond donors (Lipinski definition) is 3. The van der Waals surface area contributed by atoms with E-state index in [4.69, 9.17) is 18.7 Å². The second-order valence-electron chi connectivity index (χ2n) is 7.82. The standard InChI is InChI=1S/C26H30N2O6S/c1-4-5-18(2)31-22-10-6-20(7-11-22)27-28-26(30)19(3)32-23-12-14-24(15-13-23)33-34-35-25-16-8-21(29)9-17-25/h6-19,27,29H,4-5H2,1-3H3,(H,28,30). The van der Waals surface area contributed by atoms with Crippen molar-refractivity contribution in [3.05, 3.63) is 72.8 Å². The van der Waals surface area contributed by atoms with Crippen molar-refractivity contribution in [1.82, 2.24) is 5.43 Å². The maximum absolute atomic E-state index is 12.4. The Kier molecular flexibility index (Phi) is 9.94. The Bertz CT molecular complexity index is 1040. The van der Waals surface area contributed by atoms with E-state index in [1.54, 1.807) is 55.5 Å². The molecule has 0 fully saturated rings. The fourth-order valence-electron chi connectivity index (χ4n) is 2.98. The largest absolute Gasteiger partial charge is 0.508 e. The topological polar surface area (TPSA) is 98.3 Å². The zero-order chi connectivity index (χ0) is 25.0. The summed E-state index contributed by atoms with van der Waals surface area (Å²) in [5.41, 5.74) is 6.25. The number of phenols is 1. The maximum Gasteiger partial charge on any atom is 0.279 e. The molecule has 9 heteroatoms. The van der Waals surface area contributed by atoms with E-state index < -0.39 is 6.10 Å². The summed E-state index contributed by atoms with van der Waals surface area (Å²) < 4.78 is 16.7. The first-order valence-electron chi connectivity index (χ1n) is 11.3. The number of hydrogen-bond acceptors (Lipinski definition) is 8. The molecular formula is C26H30N2O6S. The average Bonchev–Trinajstić information content (AvgIpc) is 2.86. The van der Waals surface area contributed by atoms with Crippen LogP contribution in [0.2, 0.25) is 0 Å². The van der Waals surface area contributed by atoms with Gasteiger partial charge in [-0.25, -0.2) is 0 Å². The number of aromatic hydroxyl groups is 1. The molecule has 0 spiro atoms. The minimum absolute atomic E-state index is 0.161. The van der Waals surface area contributed by atoms with Crippen molar-refractivity contribution in [2.45, 2.75) is 50.7 Å². The van der Waals surface area contributed by atoms with E-state index in [1.807, 2.05) is 31.2 Å². The molecule has 3 N–H and O–H groups in total. The van der Waals surface area contributed by atoms with E-state index in [9.17, 15) is 9.90 Å². The summed E-state index contributed by atoms with van der Waals surface area (Å²) >= 11 is 1.02. The summed E-state index contributed by atoms with van der Waals surface area (Å²) in [4.78, 5) is 18.4. The van der Waals surface area contributed by atoms with Gasteiger partial charge in [-0.2, -0.15) is 0 Å². The molecule has 0 bridgehead atoms. The number of amides is 1. The van der Waals surface area contributed by atoms with Gasteiger partial charge in [0.05, 0.1) is 23.8 Å². The summed E-state index contributed by atoms with van der Waals surface area (Å²) in [6, 6.07) is 20.6. The molecular weight excluding hydrogens is 468 g/mol. The summed E-state index contributed by atoms with van der Waals surface area (Å²) in [6.07, 6.45) is 1.50. The lowest BCUT2D eigenvalue weighted by molar-refractivity contribution is -0.126. The molecule has 1 amide bonds.